The van der Waals surface area contributed by atoms with Gasteiger partial charge in [-0.2, -0.15) is 0 Å². The highest BCUT2D eigenvalue weighted by Crippen LogP contribution is 2.17. The van der Waals surface area contributed by atoms with Crippen LogP contribution >= 0.6 is 0 Å². The molecule has 0 fully saturated rings. The first kappa shape index (κ1) is 11.0. The maximum Gasteiger partial charge on any atom is 0.128 e. The van der Waals surface area contributed by atoms with Crippen molar-refractivity contribution in [3.63, 3.8) is 0 Å². The van der Waals surface area contributed by atoms with Gasteiger partial charge in [0, 0.05) is 25.3 Å². The zero-order valence-corrected chi connectivity index (χ0v) is 9.41. The second-order valence-electron chi connectivity index (χ2n) is 3.65. The molecule has 2 N–H and O–H groups in total. The van der Waals surface area contributed by atoms with Crippen LogP contribution in [0.25, 0.3) is 0 Å². The number of pyridine rings is 1. The Morgan fingerprint density at radius 3 is 2.57 bits per heavy atom. The average molecular weight is 193 g/mol. The van der Waals surface area contributed by atoms with Crippen LogP contribution in [-0.2, 0) is 0 Å². The molecule has 0 aromatic carbocycles. The Bertz CT molecular complexity index is 307. The minimum atomic E-state index is 0.0588. The fourth-order valence-electron chi connectivity index (χ4n) is 1.41. The largest absolute Gasteiger partial charge is 0.360 e. The molecule has 1 aromatic rings. The van der Waals surface area contributed by atoms with Gasteiger partial charge in [-0.05, 0) is 32.4 Å². The molecule has 0 amide bonds. The molecule has 1 atom stereocenters. The first-order chi connectivity index (χ1) is 6.56. The summed E-state index contributed by atoms with van der Waals surface area (Å²) >= 11 is 0. The lowest BCUT2D eigenvalue weighted by molar-refractivity contribution is 0.796. The molecule has 0 aliphatic heterocycles. The lowest BCUT2D eigenvalue weighted by Crippen LogP contribution is -2.18. The first-order valence-corrected chi connectivity index (χ1v) is 5.00. The molecule has 0 aliphatic rings. The van der Waals surface area contributed by atoms with Crippen LogP contribution in [0.5, 0.6) is 0 Å². The molecule has 0 radical (unpaired) electrons. The SMILES string of the molecule is CCN(C)c1ccc([C@@H](C)N)c(C)n1. The summed E-state index contributed by atoms with van der Waals surface area (Å²) in [6.45, 7) is 7.05. The molecule has 1 heterocycles. The van der Waals surface area contributed by atoms with Crippen molar-refractivity contribution < 1.29 is 0 Å². The van der Waals surface area contributed by atoms with Crippen molar-refractivity contribution in [1.29, 1.82) is 0 Å². The molecular weight excluding hydrogens is 174 g/mol. The minimum Gasteiger partial charge on any atom is -0.360 e. The molecule has 0 saturated heterocycles. The number of nitrogens with two attached hydrogens (primary N) is 1. The number of aryl methyl sites for hydroxylation is 1. The molecule has 0 spiro atoms. The van der Waals surface area contributed by atoms with E-state index >= 15 is 0 Å². The van der Waals surface area contributed by atoms with Crippen LogP contribution in [0.15, 0.2) is 12.1 Å². The van der Waals surface area contributed by atoms with Crippen molar-refractivity contribution in [2.75, 3.05) is 18.5 Å². The van der Waals surface area contributed by atoms with E-state index in [4.69, 9.17) is 5.73 Å². The molecule has 1 rings (SSSR count). The summed E-state index contributed by atoms with van der Waals surface area (Å²) in [5, 5.41) is 0. The maximum atomic E-state index is 5.82. The van der Waals surface area contributed by atoms with Gasteiger partial charge in [0.05, 0.1) is 0 Å². The molecule has 0 unspecified atom stereocenters. The van der Waals surface area contributed by atoms with Crippen LogP contribution < -0.4 is 10.6 Å². The second kappa shape index (κ2) is 4.42. The molecule has 0 saturated carbocycles. The smallest absolute Gasteiger partial charge is 0.128 e. The predicted octanol–water partition coefficient (Wildman–Crippen LogP) is 1.87. The molecule has 14 heavy (non-hydrogen) atoms. The lowest BCUT2D eigenvalue weighted by Gasteiger charge is -2.18. The van der Waals surface area contributed by atoms with E-state index in [1.165, 1.54) is 0 Å². The number of hydrogen-bond donors (Lipinski definition) is 1. The summed E-state index contributed by atoms with van der Waals surface area (Å²) in [7, 11) is 2.04. The number of rotatable bonds is 3. The molecule has 3 nitrogen and oxygen atoms in total. The van der Waals surface area contributed by atoms with Gasteiger partial charge in [0.2, 0.25) is 0 Å². The lowest BCUT2D eigenvalue weighted by atomic mass is 10.1. The minimum absolute atomic E-state index is 0.0588. The Morgan fingerprint density at radius 1 is 1.50 bits per heavy atom. The van der Waals surface area contributed by atoms with E-state index in [1.807, 2.05) is 27.0 Å². The third-order valence-electron chi connectivity index (χ3n) is 2.47. The summed E-state index contributed by atoms with van der Waals surface area (Å²) in [5.41, 5.74) is 7.97. The van der Waals surface area contributed by atoms with Crippen molar-refractivity contribution in [2.45, 2.75) is 26.8 Å². The van der Waals surface area contributed by atoms with E-state index in [0.717, 1.165) is 23.6 Å². The standard InChI is InChI=1S/C11H19N3/c1-5-14(4)11-7-6-10(8(2)12)9(3)13-11/h6-8H,5,12H2,1-4H3/t8-/m1/s1. The summed E-state index contributed by atoms with van der Waals surface area (Å²) in [4.78, 5) is 6.62. The van der Waals surface area contributed by atoms with E-state index in [-0.39, 0.29) is 6.04 Å². The Kier molecular flexibility index (Phi) is 3.47. The zero-order valence-electron chi connectivity index (χ0n) is 9.41. The van der Waals surface area contributed by atoms with Crippen LogP contribution in [0, 0.1) is 6.92 Å². The normalized spacial score (nSPS) is 12.6. The van der Waals surface area contributed by atoms with Crippen LogP contribution in [0.3, 0.4) is 0 Å². The topological polar surface area (TPSA) is 42.1 Å². The molecule has 78 valence electrons. The predicted molar refractivity (Wildman–Crippen MR) is 60.5 cm³/mol. The molecule has 0 aliphatic carbocycles. The van der Waals surface area contributed by atoms with Crippen molar-refractivity contribution in [3.8, 4) is 0 Å². The summed E-state index contributed by atoms with van der Waals surface area (Å²) < 4.78 is 0. The second-order valence-corrected chi connectivity index (χ2v) is 3.65. The maximum absolute atomic E-state index is 5.82. The van der Waals surface area contributed by atoms with Gasteiger partial charge in [-0.1, -0.05) is 6.07 Å². The average Bonchev–Trinajstić information content (AvgIpc) is 2.15. The zero-order chi connectivity index (χ0) is 10.7. The van der Waals surface area contributed by atoms with Gasteiger partial charge in [0.1, 0.15) is 5.82 Å². The number of anilines is 1. The van der Waals surface area contributed by atoms with E-state index in [9.17, 15) is 0 Å². The van der Waals surface area contributed by atoms with Crippen LogP contribution in [-0.4, -0.2) is 18.6 Å². The Balaban J connectivity index is 3.00. The van der Waals surface area contributed by atoms with Gasteiger partial charge < -0.3 is 10.6 Å². The highest BCUT2D eigenvalue weighted by molar-refractivity contribution is 5.41. The number of aromatic nitrogens is 1. The molecular formula is C11H19N3. The van der Waals surface area contributed by atoms with Gasteiger partial charge >= 0.3 is 0 Å². The Hall–Kier alpha value is -1.09. The molecule has 0 bridgehead atoms. The molecule has 3 heteroatoms. The number of nitrogens with zero attached hydrogens (tertiary/aromatic N) is 2. The fourth-order valence-corrected chi connectivity index (χ4v) is 1.41. The van der Waals surface area contributed by atoms with Gasteiger partial charge in [-0.15, -0.1) is 0 Å². The van der Waals surface area contributed by atoms with Gasteiger partial charge in [0.15, 0.2) is 0 Å². The van der Waals surface area contributed by atoms with Crippen molar-refractivity contribution in [3.05, 3.63) is 23.4 Å². The summed E-state index contributed by atoms with van der Waals surface area (Å²) in [5.74, 6) is 1.01. The first-order valence-electron chi connectivity index (χ1n) is 5.00. The van der Waals surface area contributed by atoms with Crippen molar-refractivity contribution in [1.82, 2.24) is 4.98 Å². The van der Waals surface area contributed by atoms with Gasteiger partial charge in [-0.3, -0.25) is 0 Å². The molecule has 1 aromatic heterocycles. The number of hydrogen-bond acceptors (Lipinski definition) is 3. The monoisotopic (exact) mass is 193 g/mol. The summed E-state index contributed by atoms with van der Waals surface area (Å²) in [6, 6.07) is 4.15. The van der Waals surface area contributed by atoms with Crippen molar-refractivity contribution in [2.24, 2.45) is 5.73 Å². The van der Waals surface area contributed by atoms with Gasteiger partial charge in [0.25, 0.3) is 0 Å². The van der Waals surface area contributed by atoms with E-state index < -0.39 is 0 Å². The fraction of sp³-hybridized carbons (Fsp3) is 0.545. The third-order valence-corrected chi connectivity index (χ3v) is 2.47. The van der Waals surface area contributed by atoms with E-state index in [2.05, 4.69) is 22.9 Å². The van der Waals surface area contributed by atoms with E-state index in [1.54, 1.807) is 0 Å². The quantitative estimate of drug-likeness (QED) is 0.796. The Labute approximate surface area is 85.9 Å². The summed E-state index contributed by atoms with van der Waals surface area (Å²) in [6.07, 6.45) is 0. The van der Waals surface area contributed by atoms with Crippen LogP contribution in [0.4, 0.5) is 5.82 Å². The Morgan fingerprint density at radius 2 is 2.14 bits per heavy atom. The third kappa shape index (κ3) is 2.23. The van der Waals surface area contributed by atoms with Gasteiger partial charge in [-0.25, -0.2) is 4.98 Å². The van der Waals surface area contributed by atoms with E-state index in [0.29, 0.717) is 0 Å². The van der Waals surface area contributed by atoms with Crippen molar-refractivity contribution >= 4 is 5.82 Å². The highest BCUT2D eigenvalue weighted by atomic mass is 15.2. The highest BCUT2D eigenvalue weighted by Gasteiger charge is 2.07. The van der Waals surface area contributed by atoms with Crippen LogP contribution in [0.2, 0.25) is 0 Å². The van der Waals surface area contributed by atoms with Crippen LogP contribution in [0.1, 0.15) is 31.1 Å².